The smallest absolute Gasteiger partial charge is 0.225 e. The van der Waals surface area contributed by atoms with E-state index in [-0.39, 0.29) is 12.5 Å². The Morgan fingerprint density at radius 3 is 2.33 bits per heavy atom. The van der Waals surface area contributed by atoms with E-state index >= 15 is 0 Å². The lowest BCUT2D eigenvalue weighted by Gasteiger charge is -2.40. The molecule has 0 aromatic heterocycles. The standard InChI is InChI=1S/C14H26N2O2/c15-12-7-5-11(6-8-12)14(18)16(9-2-10-17)13-3-1-4-13/h11-13,17H,1-10,15H2. The van der Waals surface area contributed by atoms with Crippen LogP contribution >= 0.6 is 0 Å². The lowest BCUT2D eigenvalue weighted by molar-refractivity contribution is -0.141. The zero-order valence-electron chi connectivity index (χ0n) is 11.2. The monoisotopic (exact) mass is 254 g/mol. The number of aliphatic hydroxyl groups is 1. The van der Waals surface area contributed by atoms with Crippen molar-refractivity contribution in [1.82, 2.24) is 4.90 Å². The Morgan fingerprint density at radius 2 is 1.83 bits per heavy atom. The topological polar surface area (TPSA) is 66.6 Å². The molecule has 0 unspecified atom stereocenters. The lowest BCUT2D eigenvalue weighted by atomic mass is 9.83. The summed E-state index contributed by atoms with van der Waals surface area (Å²) in [6.45, 7) is 0.897. The van der Waals surface area contributed by atoms with Gasteiger partial charge in [-0.2, -0.15) is 0 Å². The molecule has 0 radical (unpaired) electrons. The molecule has 0 aliphatic heterocycles. The minimum Gasteiger partial charge on any atom is -0.396 e. The third-order valence-electron chi connectivity index (χ3n) is 4.48. The summed E-state index contributed by atoms with van der Waals surface area (Å²) in [5, 5.41) is 8.96. The number of nitrogens with zero attached hydrogens (tertiary/aromatic N) is 1. The van der Waals surface area contributed by atoms with Gasteiger partial charge in [0.15, 0.2) is 0 Å². The lowest BCUT2D eigenvalue weighted by Crippen LogP contribution is -2.48. The molecule has 3 N–H and O–H groups in total. The van der Waals surface area contributed by atoms with Gasteiger partial charge in [0.1, 0.15) is 0 Å². The molecular formula is C14H26N2O2. The predicted molar refractivity (Wildman–Crippen MR) is 71.0 cm³/mol. The first-order valence-corrected chi connectivity index (χ1v) is 7.39. The largest absolute Gasteiger partial charge is 0.396 e. The van der Waals surface area contributed by atoms with E-state index in [2.05, 4.69) is 0 Å². The highest BCUT2D eigenvalue weighted by molar-refractivity contribution is 5.79. The number of nitrogens with two attached hydrogens (primary N) is 1. The molecule has 0 heterocycles. The van der Waals surface area contributed by atoms with Crippen LogP contribution in [0.15, 0.2) is 0 Å². The fourth-order valence-electron chi connectivity index (χ4n) is 3.01. The van der Waals surface area contributed by atoms with Gasteiger partial charge >= 0.3 is 0 Å². The van der Waals surface area contributed by atoms with E-state index in [4.69, 9.17) is 10.8 Å². The van der Waals surface area contributed by atoms with Crippen molar-refractivity contribution in [1.29, 1.82) is 0 Å². The Balaban J connectivity index is 1.89. The third kappa shape index (κ3) is 3.23. The van der Waals surface area contributed by atoms with Crippen LogP contribution in [0.2, 0.25) is 0 Å². The highest BCUT2D eigenvalue weighted by Gasteiger charge is 2.33. The highest BCUT2D eigenvalue weighted by Crippen LogP contribution is 2.30. The second-order valence-electron chi connectivity index (χ2n) is 5.81. The molecule has 0 saturated heterocycles. The number of hydrogen-bond acceptors (Lipinski definition) is 3. The molecule has 2 saturated carbocycles. The van der Waals surface area contributed by atoms with Crippen molar-refractivity contribution >= 4 is 5.91 Å². The molecule has 4 heteroatoms. The number of hydrogen-bond donors (Lipinski definition) is 2. The minimum absolute atomic E-state index is 0.173. The van der Waals surface area contributed by atoms with Crippen molar-refractivity contribution in [3.05, 3.63) is 0 Å². The Hall–Kier alpha value is -0.610. The van der Waals surface area contributed by atoms with Crippen LogP contribution in [-0.4, -0.2) is 41.1 Å². The maximum Gasteiger partial charge on any atom is 0.225 e. The van der Waals surface area contributed by atoms with Gasteiger partial charge in [0.2, 0.25) is 5.91 Å². The van der Waals surface area contributed by atoms with Crippen molar-refractivity contribution < 1.29 is 9.90 Å². The van der Waals surface area contributed by atoms with Gasteiger partial charge < -0.3 is 15.7 Å². The molecule has 2 fully saturated rings. The molecule has 2 aliphatic rings. The number of amides is 1. The average molecular weight is 254 g/mol. The SMILES string of the molecule is NC1CCC(C(=O)N(CCCO)C2CCC2)CC1. The van der Waals surface area contributed by atoms with Gasteiger partial charge in [0, 0.05) is 31.2 Å². The van der Waals surface area contributed by atoms with E-state index in [9.17, 15) is 4.79 Å². The van der Waals surface area contributed by atoms with Crippen molar-refractivity contribution in [3.63, 3.8) is 0 Å². The van der Waals surface area contributed by atoms with Crippen LogP contribution in [0.1, 0.15) is 51.4 Å². The molecule has 1 amide bonds. The first-order chi connectivity index (χ1) is 8.72. The predicted octanol–water partition coefficient (Wildman–Crippen LogP) is 1.27. The first kappa shape index (κ1) is 13.8. The van der Waals surface area contributed by atoms with E-state index < -0.39 is 0 Å². The Labute approximate surface area is 110 Å². The van der Waals surface area contributed by atoms with Crippen LogP contribution in [0.25, 0.3) is 0 Å². The maximum atomic E-state index is 12.5. The summed E-state index contributed by atoms with van der Waals surface area (Å²) in [6.07, 6.45) is 8.08. The third-order valence-corrected chi connectivity index (χ3v) is 4.48. The van der Waals surface area contributed by atoms with Crippen molar-refractivity contribution in [2.75, 3.05) is 13.2 Å². The molecule has 4 nitrogen and oxygen atoms in total. The van der Waals surface area contributed by atoms with Crippen LogP contribution < -0.4 is 5.73 Å². The van der Waals surface area contributed by atoms with Crippen LogP contribution in [0, 0.1) is 5.92 Å². The van der Waals surface area contributed by atoms with Crippen molar-refractivity contribution in [2.24, 2.45) is 11.7 Å². The number of carbonyl (C=O) groups is 1. The summed E-state index contributed by atoms with van der Waals surface area (Å²) in [5.74, 6) is 0.504. The first-order valence-electron chi connectivity index (χ1n) is 7.39. The molecular weight excluding hydrogens is 228 g/mol. The van der Waals surface area contributed by atoms with Gasteiger partial charge in [-0.1, -0.05) is 0 Å². The van der Waals surface area contributed by atoms with E-state index in [1.54, 1.807) is 0 Å². The number of rotatable bonds is 5. The quantitative estimate of drug-likeness (QED) is 0.776. The molecule has 0 atom stereocenters. The molecule has 18 heavy (non-hydrogen) atoms. The van der Waals surface area contributed by atoms with E-state index in [1.165, 1.54) is 6.42 Å². The van der Waals surface area contributed by atoms with Crippen LogP contribution in [0.5, 0.6) is 0 Å². The molecule has 0 spiro atoms. The number of carbonyl (C=O) groups excluding carboxylic acids is 1. The Bertz CT molecular complexity index is 271. The fourth-order valence-corrected chi connectivity index (χ4v) is 3.01. The van der Waals surface area contributed by atoms with E-state index in [0.29, 0.717) is 24.4 Å². The van der Waals surface area contributed by atoms with Crippen molar-refractivity contribution in [2.45, 2.75) is 63.5 Å². The molecule has 0 aromatic carbocycles. The normalized spacial score (nSPS) is 28.8. The van der Waals surface area contributed by atoms with Gasteiger partial charge in [-0.15, -0.1) is 0 Å². The Morgan fingerprint density at radius 1 is 1.17 bits per heavy atom. The summed E-state index contributed by atoms with van der Waals surface area (Å²) < 4.78 is 0. The summed E-state index contributed by atoms with van der Waals surface area (Å²) in [5.41, 5.74) is 5.89. The maximum absolute atomic E-state index is 12.5. The minimum atomic E-state index is 0.173. The average Bonchev–Trinajstić information content (AvgIpc) is 2.32. The van der Waals surface area contributed by atoms with Gasteiger partial charge in [-0.05, 0) is 51.4 Å². The van der Waals surface area contributed by atoms with Gasteiger partial charge in [0.25, 0.3) is 0 Å². The molecule has 104 valence electrons. The van der Waals surface area contributed by atoms with Gasteiger partial charge in [-0.3, -0.25) is 4.79 Å². The van der Waals surface area contributed by atoms with Gasteiger partial charge in [0.05, 0.1) is 0 Å². The van der Waals surface area contributed by atoms with Crippen molar-refractivity contribution in [3.8, 4) is 0 Å². The number of aliphatic hydroxyl groups excluding tert-OH is 1. The van der Waals surface area contributed by atoms with Crippen LogP contribution in [-0.2, 0) is 4.79 Å². The van der Waals surface area contributed by atoms with Gasteiger partial charge in [-0.25, -0.2) is 0 Å². The second kappa shape index (κ2) is 6.53. The summed E-state index contributed by atoms with van der Waals surface area (Å²) in [7, 11) is 0. The summed E-state index contributed by atoms with van der Waals surface area (Å²) in [4.78, 5) is 14.6. The molecule has 0 aromatic rings. The Kier molecular flexibility index (Phi) is 5.01. The second-order valence-corrected chi connectivity index (χ2v) is 5.81. The van der Waals surface area contributed by atoms with Crippen LogP contribution in [0.4, 0.5) is 0 Å². The van der Waals surface area contributed by atoms with Crippen LogP contribution in [0.3, 0.4) is 0 Å². The fraction of sp³-hybridized carbons (Fsp3) is 0.929. The molecule has 2 rings (SSSR count). The zero-order chi connectivity index (χ0) is 13.0. The molecule has 2 aliphatic carbocycles. The summed E-state index contributed by atoms with van der Waals surface area (Å²) in [6, 6.07) is 0.739. The molecule has 0 bridgehead atoms. The zero-order valence-corrected chi connectivity index (χ0v) is 11.2. The highest BCUT2D eigenvalue weighted by atomic mass is 16.3. The van der Waals surface area contributed by atoms with E-state index in [1.807, 2.05) is 4.90 Å². The summed E-state index contributed by atoms with van der Waals surface area (Å²) >= 11 is 0. The van der Waals surface area contributed by atoms with E-state index in [0.717, 1.165) is 45.1 Å².